The van der Waals surface area contributed by atoms with Crippen LogP contribution in [0, 0.1) is 0 Å². The maximum absolute atomic E-state index is 6.62. The molecule has 57 heavy (non-hydrogen) atoms. The molecule has 2 aromatic heterocycles. The van der Waals surface area contributed by atoms with Gasteiger partial charge in [-0.2, -0.15) is 0 Å². The fourth-order valence-corrected chi connectivity index (χ4v) is 8.32. The Kier molecular flexibility index (Phi) is 7.92. The predicted octanol–water partition coefficient (Wildman–Crippen LogP) is 14.8. The first-order chi connectivity index (χ1) is 28.2. The van der Waals surface area contributed by atoms with Crippen LogP contribution < -0.4 is 4.90 Å². The number of oxazole rings is 1. The molecule has 10 aromatic rings. The summed E-state index contributed by atoms with van der Waals surface area (Å²) in [7, 11) is 0. The van der Waals surface area contributed by atoms with Crippen LogP contribution in [0.15, 0.2) is 197 Å². The third-order valence-electron chi connectivity index (χ3n) is 11.2. The standard InChI is InChI=1S/C53H36N2O2/c1-3-11-35(12-4-1)37-23-27-43(28-24-37)55(45-18-9-17-41(34-45)42-22-21-36-13-7-8-16-40(36)33-42)44-29-25-38(26-30-44)46-19-10-20-47-50-48(56-52(46)47)31-32-49-51(50)54-53(57-49)39-14-5-2-6-15-39/h1-7,9-15,17-34H,8,16H2. The topological polar surface area (TPSA) is 42.4 Å². The summed E-state index contributed by atoms with van der Waals surface area (Å²) < 4.78 is 12.8. The van der Waals surface area contributed by atoms with Gasteiger partial charge >= 0.3 is 0 Å². The first kappa shape index (κ1) is 33.0. The summed E-state index contributed by atoms with van der Waals surface area (Å²) in [6.07, 6.45) is 6.68. The van der Waals surface area contributed by atoms with Gasteiger partial charge in [0.15, 0.2) is 5.58 Å². The predicted molar refractivity (Wildman–Crippen MR) is 235 cm³/mol. The van der Waals surface area contributed by atoms with E-state index in [9.17, 15) is 0 Å². The molecule has 270 valence electrons. The van der Waals surface area contributed by atoms with Gasteiger partial charge in [0, 0.05) is 33.6 Å². The fourth-order valence-electron chi connectivity index (χ4n) is 8.32. The molecule has 11 rings (SSSR count). The van der Waals surface area contributed by atoms with Crippen molar-refractivity contribution >= 4 is 56.2 Å². The molecule has 0 saturated carbocycles. The van der Waals surface area contributed by atoms with Gasteiger partial charge in [-0.05, 0) is 112 Å². The second-order valence-corrected chi connectivity index (χ2v) is 14.7. The van der Waals surface area contributed by atoms with Crippen molar-refractivity contribution in [3.8, 4) is 44.8 Å². The van der Waals surface area contributed by atoms with Crippen molar-refractivity contribution in [3.63, 3.8) is 0 Å². The van der Waals surface area contributed by atoms with Crippen molar-refractivity contribution in [2.24, 2.45) is 0 Å². The highest BCUT2D eigenvalue weighted by Gasteiger charge is 2.20. The van der Waals surface area contributed by atoms with Gasteiger partial charge in [-0.1, -0.05) is 133 Å². The zero-order valence-electron chi connectivity index (χ0n) is 31.1. The summed E-state index contributed by atoms with van der Waals surface area (Å²) in [5, 5.41) is 1.98. The van der Waals surface area contributed by atoms with Crippen molar-refractivity contribution in [1.82, 2.24) is 4.98 Å². The first-order valence-corrected chi connectivity index (χ1v) is 19.5. The Balaban J connectivity index is 0.994. The lowest BCUT2D eigenvalue weighted by molar-refractivity contribution is 0.619. The van der Waals surface area contributed by atoms with E-state index in [2.05, 4.69) is 157 Å². The van der Waals surface area contributed by atoms with E-state index in [0.717, 1.165) is 79.6 Å². The summed E-state index contributed by atoms with van der Waals surface area (Å²) >= 11 is 0. The number of allylic oxidation sites excluding steroid dienone is 1. The lowest BCUT2D eigenvalue weighted by Gasteiger charge is -2.26. The number of rotatable bonds is 7. The van der Waals surface area contributed by atoms with E-state index >= 15 is 0 Å². The van der Waals surface area contributed by atoms with Crippen LogP contribution in [0.2, 0.25) is 0 Å². The highest BCUT2D eigenvalue weighted by Crippen LogP contribution is 2.42. The number of hydrogen-bond donors (Lipinski definition) is 0. The van der Waals surface area contributed by atoms with Crippen LogP contribution in [0.1, 0.15) is 17.5 Å². The number of furan rings is 1. The maximum atomic E-state index is 6.62. The number of hydrogen-bond acceptors (Lipinski definition) is 4. The van der Waals surface area contributed by atoms with Gasteiger partial charge in [-0.3, -0.25) is 0 Å². The molecule has 0 atom stereocenters. The Hall–Kier alpha value is -7.43. The third kappa shape index (κ3) is 5.90. The van der Waals surface area contributed by atoms with E-state index in [1.54, 1.807) is 0 Å². The molecule has 0 amide bonds. The zero-order valence-corrected chi connectivity index (χ0v) is 31.1. The molecule has 0 fully saturated rings. The molecule has 2 heterocycles. The Morgan fingerprint density at radius 1 is 0.474 bits per heavy atom. The average Bonchev–Trinajstić information content (AvgIpc) is 3.90. The van der Waals surface area contributed by atoms with Gasteiger partial charge in [0.2, 0.25) is 5.89 Å². The maximum Gasteiger partial charge on any atom is 0.227 e. The van der Waals surface area contributed by atoms with Crippen molar-refractivity contribution in [2.45, 2.75) is 12.8 Å². The van der Waals surface area contributed by atoms with Crippen LogP contribution in [0.4, 0.5) is 17.1 Å². The molecule has 1 aliphatic carbocycles. The summed E-state index contributed by atoms with van der Waals surface area (Å²) in [4.78, 5) is 7.30. The van der Waals surface area contributed by atoms with E-state index in [-0.39, 0.29) is 0 Å². The number of anilines is 3. The van der Waals surface area contributed by atoms with Crippen molar-refractivity contribution < 1.29 is 8.83 Å². The van der Waals surface area contributed by atoms with E-state index in [1.165, 1.54) is 33.4 Å². The minimum Gasteiger partial charge on any atom is -0.455 e. The van der Waals surface area contributed by atoms with Crippen LogP contribution in [0.3, 0.4) is 0 Å². The Bertz CT molecular complexity index is 3100. The van der Waals surface area contributed by atoms with Gasteiger partial charge < -0.3 is 13.7 Å². The molecular weight excluding hydrogens is 697 g/mol. The molecule has 8 aromatic carbocycles. The number of para-hydroxylation sites is 1. The lowest BCUT2D eigenvalue weighted by Crippen LogP contribution is -2.10. The first-order valence-electron chi connectivity index (χ1n) is 19.5. The number of benzene rings is 8. The second kappa shape index (κ2) is 13.7. The van der Waals surface area contributed by atoms with Crippen LogP contribution >= 0.6 is 0 Å². The highest BCUT2D eigenvalue weighted by atomic mass is 16.4. The van der Waals surface area contributed by atoms with Crippen LogP contribution in [-0.2, 0) is 6.42 Å². The molecule has 4 nitrogen and oxygen atoms in total. The summed E-state index contributed by atoms with van der Waals surface area (Å²) in [6.45, 7) is 0. The number of aromatic nitrogens is 1. The largest absolute Gasteiger partial charge is 0.455 e. The smallest absolute Gasteiger partial charge is 0.227 e. The highest BCUT2D eigenvalue weighted by molar-refractivity contribution is 6.19. The second-order valence-electron chi connectivity index (χ2n) is 14.7. The fraction of sp³-hybridized carbons (Fsp3) is 0.0377. The van der Waals surface area contributed by atoms with Crippen LogP contribution in [0.5, 0.6) is 0 Å². The third-order valence-corrected chi connectivity index (χ3v) is 11.2. The Morgan fingerprint density at radius 2 is 1.12 bits per heavy atom. The molecule has 0 spiro atoms. The summed E-state index contributed by atoms with van der Waals surface area (Å²) in [5.41, 5.74) is 17.0. The van der Waals surface area contributed by atoms with Gasteiger partial charge in [-0.15, -0.1) is 0 Å². The summed E-state index contributed by atoms with van der Waals surface area (Å²) in [6, 6.07) is 64.3. The van der Waals surface area contributed by atoms with Gasteiger partial charge in [0.25, 0.3) is 0 Å². The van der Waals surface area contributed by atoms with Crippen molar-refractivity contribution in [3.05, 3.63) is 199 Å². The Labute approximate surface area is 330 Å². The monoisotopic (exact) mass is 732 g/mol. The number of fused-ring (bicyclic) bond motifs is 6. The van der Waals surface area contributed by atoms with E-state index in [4.69, 9.17) is 13.8 Å². The van der Waals surface area contributed by atoms with Crippen LogP contribution in [-0.4, -0.2) is 4.98 Å². The van der Waals surface area contributed by atoms with Gasteiger partial charge in [0.1, 0.15) is 16.7 Å². The molecule has 0 saturated heterocycles. The zero-order chi connectivity index (χ0) is 37.7. The summed E-state index contributed by atoms with van der Waals surface area (Å²) in [5.74, 6) is 0.601. The molecule has 0 aliphatic heterocycles. The Morgan fingerprint density at radius 3 is 1.91 bits per heavy atom. The minimum absolute atomic E-state index is 0.601. The minimum atomic E-state index is 0.601. The van der Waals surface area contributed by atoms with Crippen molar-refractivity contribution in [2.75, 3.05) is 4.90 Å². The normalized spacial score (nSPS) is 12.4. The quantitative estimate of drug-likeness (QED) is 0.164. The molecule has 0 N–H and O–H groups in total. The molecule has 0 radical (unpaired) electrons. The van der Waals surface area contributed by atoms with E-state index in [0.29, 0.717) is 5.89 Å². The number of nitrogens with zero attached hydrogens (tertiary/aromatic N) is 2. The van der Waals surface area contributed by atoms with Gasteiger partial charge in [-0.25, -0.2) is 4.98 Å². The molecule has 0 bridgehead atoms. The van der Waals surface area contributed by atoms with Crippen molar-refractivity contribution in [1.29, 1.82) is 0 Å². The lowest BCUT2D eigenvalue weighted by atomic mass is 9.93. The molecular formula is C53H36N2O2. The van der Waals surface area contributed by atoms with Crippen LogP contribution in [0.25, 0.3) is 83.9 Å². The SMILES string of the molecule is C1=Cc2ccc(-c3cccc(N(c4ccc(-c5ccccc5)cc4)c4ccc(-c5cccc6c5oc5ccc7oc(-c8ccccc8)nc7c56)cc4)c3)cc2CC1. The molecule has 1 aliphatic rings. The van der Waals surface area contributed by atoms with E-state index in [1.807, 2.05) is 42.5 Å². The molecule has 4 heteroatoms. The average molecular weight is 733 g/mol. The molecule has 0 unspecified atom stereocenters. The van der Waals surface area contributed by atoms with Gasteiger partial charge in [0.05, 0.1) is 5.39 Å². The number of aryl methyl sites for hydroxylation is 1. The van der Waals surface area contributed by atoms with E-state index < -0.39 is 0 Å².